The van der Waals surface area contributed by atoms with Crippen LogP contribution in [0, 0.1) is 5.92 Å². The molecule has 2 atom stereocenters. The summed E-state index contributed by atoms with van der Waals surface area (Å²) in [6.07, 6.45) is 6.42. The van der Waals surface area contributed by atoms with Gasteiger partial charge in [-0.3, -0.25) is 9.59 Å². The van der Waals surface area contributed by atoms with Crippen LogP contribution in [0.5, 0.6) is 0 Å². The quantitative estimate of drug-likeness (QED) is 0.728. The van der Waals surface area contributed by atoms with Crippen LogP contribution >= 0.6 is 0 Å². The lowest BCUT2D eigenvalue weighted by Crippen LogP contribution is -2.47. The minimum atomic E-state index is -0.299. The predicted molar refractivity (Wildman–Crippen MR) is 67.1 cm³/mol. The first kappa shape index (κ1) is 13.7. The lowest BCUT2D eigenvalue weighted by Gasteiger charge is -2.30. The van der Waals surface area contributed by atoms with Crippen LogP contribution in [0.1, 0.15) is 46.0 Å². The van der Waals surface area contributed by atoms with Gasteiger partial charge in [0.25, 0.3) is 0 Å². The van der Waals surface area contributed by atoms with E-state index in [1.807, 2.05) is 13.0 Å². The minimum Gasteiger partial charge on any atom is -0.369 e. The van der Waals surface area contributed by atoms with Crippen molar-refractivity contribution in [2.45, 2.75) is 52.0 Å². The molecule has 1 aliphatic rings. The van der Waals surface area contributed by atoms with Gasteiger partial charge in [-0.05, 0) is 26.2 Å². The number of amides is 2. The summed E-state index contributed by atoms with van der Waals surface area (Å²) in [5.41, 5.74) is 6.07. The SMILES string of the molecule is CC/C=C(\C)C(=O)N[C@@H]1CCCC[C@H]1C(N)=O. The molecule has 96 valence electrons. The molecule has 0 radical (unpaired) electrons. The molecule has 0 aromatic carbocycles. The maximum absolute atomic E-state index is 11.8. The minimum absolute atomic E-state index is 0.0787. The molecule has 0 unspecified atom stereocenters. The van der Waals surface area contributed by atoms with Crippen LogP contribution in [0.4, 0.5) is 0 Å². The van der Waals surface area contributed by atoms with Gasteiger partial charge >= 0.3 is 0 Å². The third-order valence-corrected chi connectivity index (χ3v) is 3.32. The Hall–Kier alpha value is -1.32. The molecule has 2 amide bonds. The van der Waals surface area contributed by atoms with Crippen molar-refractivity contribution in [1.82, 2.24) is 5.32 Å². The highest BCUT2D eigenvalue weighted by Gasteiger charge is 2.30. The van der Waals surface area contributed by atoms with Gasteiger partial charge in [0.15, 0.2) is 0 Å². The largest absolute Gasteiger partial charge is 0.369 e. The fourth-order valence-electron chi connectivity index (χ4n) is 2.33. The van der Waals surface area contributed by atoms with Crippen LogP contribution in [0.25, 0.3) is 0 Å². The highest BCUT2D eigenvalue weighted by Crippen LogP contribution is 2.24. The third kappa shape index (κ3) is 3.88. The van der Waals surface area contributed by atoms with E-state index in [-0.39, 0.29) is 23.8 Å². The van der Waals surface area contributed by atoms with Gasteiger partial charge in [-0.15, -0.1) is 0 Å². The summed E-state index contributed by atoms with van der Waals surface area (Å²) < 4.78 is 0. The number of allylic oxidation sites excluding steroid dienone is 1. The fourth-order valence-corrected chi connectivity index (χ4v) is 2.33. The van der Waals surface area contributed by atoms with Crippen molar-refractivity contribution in [2.75, 3.05) is 0 Å². The molecule has 0 spiro atoms. The summed E-state index contributed by atoms with van der Waals surface area (Å²) >= 11 is 0. The standard InChI is InChI=1S/C13H22N2O2/c1-3-6-9(2)13(17)15-11-8-5-4-7-10(11)12(14)16/h6,10-11H,3-5,7-8H2,1-2H3,(H2,14,16)(H,15,17)/b9-6+/t10-,11-/m1/s1. The van der Waals surface area contributed by atoms with Crippen LogP contribution in [0.2, 0.25) is 0 Å². The van der Waals surface area contributed by atoms with E-state index in [1.54, 1.807) is 6.92 Å². The van der Waals surface area contributed by atoms with Crippen molar-refractivity contribution < 1.29 is 9.59 Å². The van der Waals surface area contributed by atoms with Crippen LogP contribution in [0.15, 0.2) is 11.6 Å². The van der Waals surface area contributed by atoms with Gasteiger partial charge in [0.2, 0.25) is 11.8 Å². The van der Waals surface area contributed by atoms with Crippen molar-refractivity contribution >= 4 is 11.8 Å². The topological polar surface area (TPSA) is 72.2 Å². The van der Waals surface area contributed by atoms with E-state index in [9.17, 15) is 9.59 Å². The predicted octanol–water partition coefficient (Wildman–Crippen LogP) is 1.50. The number of primary amides is 1. The lowest BCUT2D eigenvalue weighted by molar-refractivity contribution is -0.124. The molecule has 0 heterocycles. The summed E-state index contributed by atoms with van der Waals surface area (Å²) in [6, 6.07) is -0.0889. The number of rotatable bonds is 4. The summed E-state index contributed by atoms with van der Waals surface area (Å²) in [5.74, 6) is -0.584. The van der Waals surface area contributed by atoms with Crippen molar-refractivity contribution in [1.29, 1.82) is 0 Å². The van der Waals surface area contributed by atoms with Gasteiger partial charge in [-0.2, -0.15) is 0 Å². The molecule has 0 aliphatic heterocycles. The Bertz CT molecular complexity index is 323. The summed E-state index contributed by atoms with van der Waals surface area (Å²) in [7, 11) is 0. The van der Waals surface area contributed by atoms with Crippen molar-refractivity contribution in [3.05, 3.63) is 11.6 Å². The third-order valence-electron chi connectivity index (χ3n) is 3.32. The van der Waals surface area contributed by atoms with E-state index >= 15 is 0 Å². The average Bonchev–Trinajstić information content (AvgIpc) is 2.29. The van der Waals surface area contributed by atoms with Gasteiger partial charge in [0, 0.05) is 11.6 Å². The Morgan fingerprint density at radius 2 is 2.00 bits per heavy atom. The van der Waals surface area contributed by atoms with Crippen molar-refractivity contribution in [3.63, 3.8) is 0 Å². The van der Waals surface area contributed by atoms with E-state index in [1.165, 1.54) is 0 Å². The van der Waals surface area contributed by atoms with Crippen LogP contribution < -0.4 is 11.1 Å². The first-order valence-corrected chi connectivity index (χ1v) is 6.33. The molecule has 0 aromatic rings. The number of nitrogens with one attached hydrogen (secondary N) is 1. The maximum atomic E-state index is 11.8. The van der Waals surface area contributed by atoms with E-state index in [0.717, 1.165) is 32.1 Å². The number of nitrogens with two attached hydrogens (primary N) is 1. The highest BCUT2D eigenvalue weighted by atomic mass is 16.2. The molecule has 1 saturated carbocycles. The zero-order valence-electron chi connectivity index (χ0n) is 10.7. The second kappa shape index (κ2) is 6.42. The average molecular weight is 238 g/mol. The Labute approximate surface area is 103 Å². The monoisotopic (exact) mass is 238 g/mol. The lowest BCUT2D eigenvalue weighted by atomic mass is 9.84. The molecular weight excluding hydrogens is 216 g/mol. The van der Waals surface area contributed by atoms with Gasteiger partial charge in [0.1, 0.15) is 0 Å². The molecule has 1 aliphatic carbocycles. The summed E-state index contributed by atoms with van der Waals surface area (Å²) in [4.78, 5) is 23.1. The second-order valence-electron chi connectivity index (χ2n) is 4.67. The number of carbonyl (C=O) groups excluding carboxylic acids is 2. The Morgan fingerprint density at radius 1 is 1.35 bits per heavy atom. The van der Waals surface area contributed by atoms with Gasteiger partial charge in [-0.1, -0.05) is 25.8 Å². The Morgan fingerprint density at radius 3 is 2.59 bits per heavy atom. The Kier molecular flexibility index (Phi) is 5.19. The molecule has 1 fully saturated rings. The number of hydrogen-bond donors (Lipinski definition) is 2. The summed E-state index contributed by atoms with van der Waals surface area (Å²) in [5, 5.41) is 2.93. The van der Waals surface area contributed by atoms with E-state index in [0.29, 0.717) is 5.57 Å². The second-order valence-corrected chi connectivity index (χ2v) is 4.67. The van der Waals surface area contributed by atoms with Crippen molar-refractivity contribution in [3.8, 4) is 0 Å². The van der Waals surface area contributed by atoms with E-state index < -0.39 is 0 Å². The zero-order chi connectivity index (χ0) is 12.8. The van der Waals surface area contributed by atoms with Crippen LogP contribution in [-0.2, 0) is 9.59 Å². The highest BCUT2D eigenvalue weighted by molar-refractivity contribution is 5.93. The normalized spacial score (nSPS) is 25.4. The van der Waals surface area contributed by atoms with Crippen molar-refractivity contribution in [2.24, 2.45) is 11.7 Å². The molecule has 1 rings (SSSR count). The summed E-state index contributed by atoms with van der Waals surface area (Å²) in [6.45, 7) is 3.78. The Balaban J connectivity index is 2.62. The maximum Gasteiger partial charge on any atom is 0.246 e. The number of carbonyl (C=O) groups is 2. The van der Waals surface area contributed by atoms with Crippen LogP contribution in [0.3, 0.4) is 0 Å². The molecule has 4 nitrogen and oxygen atoms in total. The first-order valence-electron chi connectivity index (χ1n) is 6.33. The molecule has 17 heavy (non-hydrogen) atoms. The molecule has 0 bridgehead atoms. The number of hydrogen-bond acceptors (Lipinski definition) is 2. The first-order chi connectivity index (χ1) is 8.06. The molecule has 3 N–H and O–H groups in total. The molecule has 0 aromatic heterocycles. The zero-order valence-corrected chi connectivity index (χ0v) is 10.7. The van der Waals surface area contributed by atoms with E-state index in [2.05, 4.69) is 5.32 Å². The smallest absolute Gasteiger partial charge is 0.246 e. The van der Waals surface area contributed by atoms with Crippen LogP contribution in [-0.4, -0.2) is 17.9 Å². The van der Waals surface area contributed by atoms with Gasteiger partial charge in [0.05, 0.1) is 5.92 Å². The molecule has 4 heteroatoms. The van der Waals surface area contributed by atoms with E-state index in [4.69, 9.17) is 5.73 Å². The van der Waals surface area contributed by atoms with Gasteiger partial charge in [-0.25, -0.2) is 0 Å². The fraction of sp³-hybridized carbons (Fsp3) is 0.692. The molecule has 0 saturated heterocycles. The molecular formula is C13H22N2O2. The van der Waals surface area contributed by atoms with Gasteiger partial charge < -0.3 is 11.1 Å².